The van der Waals surface area contributed by atoms with E-state index in [1.807, 2.05) is 0 Å². The number of ether oxygens (including phenoxy) is 4. The molecule has 8 nitrogen and oxygen atoms in total. The van der Waals surface area contributed by atoms with E-state index in [-0.39, 0.29) is 11.3 Å². The van der Waals surface area contributed by atoms with Crippen LogP contribution in [-0.4, -0.2) is 23.9 Å². The van der Waals surface area contributed by atoms with Crippen LogP contribution < -0.4 is 18.9 Å². The molecule has 2 aromatic rings. The van der Waals surface area contributed by atoms with Gasteiger partial charge in [0.25, 0.3) is 0 Å². The Labute approximate surface area is 202 Å². The van der Waals surface area contributed by atoms with E-state index in [0.29, 0.717) is 12.1 Å². The van der Waals surface area contributed by atoms with Crippen molar-refractivity contribution < 1.29 is 51.3 Å². The summed E-state index contributed by atoms with van der Waals surface area (Å²) in [5.74, 6) is -6.18. The number of carbonyl (C=O) groups excluding carboxylic acids is 4. The van der Waals surface area contributed by atoms with Gasteiger partial charge in [0.15, 0.2) is 11.5 Å². The monoisotopic (exact) mass is 502 g/mol. The molecule has 0 aromatic heterocycles. The molecule has 186 valence electrons. The summed E-state index contributed by atoms with van der Waals surface area (Å²) in [5.41, 5.74) is -2.34. The van der Waals surface area contributed by atoms with Gasteiger partial charge in [0.1, 0.15) is 11.5 Å². The van der Waals surface area contributed by atoms with Gasteiger partial charge in [0, 0.05) is 35.9 Å². The summed E-state index contributed by atoms with van der Waals surface area (Å²) in [5, 5.41) is 0. The van der Waals surface area contributed by atoms with Crippen molar-refractivity contribution in [3.63, 3.8) is 0 Å². The lowest BCUT2D eigenvalue weighted by Crippen LogP contribution is -2.13. The highest BCUT2D eigenvalue weighted by atomic mass is 19.4. The highest BCUT2D eigenvalue weighted by Crippen LogP contribution is 2.46. The molecule has 0 aliphatic rings. The second-order valence-corrected chi connectivity index (χ2v) is 6.50. The lowest BCUT2D eigenvalue weighted by atomic mass is 9.97. The molecule has 0 aliphatic carbocycles. The fraction of sp³-hybridized carbons (Fsp3) is 0.0400. The molecule has 2 aromatic carbocycles. The Morgan fingerprint density at radius 1 is 0.639 bits per heavy atom. The summed E-state index contributed by atoms with van der Waals surface area (Å²) in [7, 11) is 0. The standard InChI is InChI=1S/C25H17F3O8/c1-5-20(29)33-15-12-16(25(26,27)28)24(19(13-15)36-23(32)8-4)14-9-10-17(34-21(30)6-2)18(11-14)35-22(31)7-3/h5-13H,1-4H2. The average molecular weight is 502 g/mol. The van der Waals surface area contributed by atoms with Gasteiger partial charge < -0.3 is 18.9 Å². The van der Waals surface area contributed by atoms with E-state index >= 15 is 0 Å². The van der Waals surface area contributed by atoms with Crippen LogP contribution in [0.4, 0.5) is 13.2 Å². The third kappa shape index (κ3) is 6.79. The first-order valence-corrected chi connectivity index (χ1v) is 9.70. The molecule has 0 bridgehead atoms. The smallest absolute Gasteiger partial charge is 0.417 e. The molecule has 2 rings (SSSR count). The lowest BCUT2D eigenvalue weighted by Gasteiger charge is -2.19. The average Bonchev–Trinajstić information content (AvgIpc) is 2.83. The largest absolute Gasteiger partial charge is 0.423 e. The maximum atomic E-state index is 14.1. The number of alkyl halides is 3. The van der Waals surface area contributed by atoms with Gasteiger partial charge >= 0.3 is 30.1 Å². The van der Waals surface area contributed by atoms with Gasteiger partial charge in [-0.2, -0.15) is 13.2 Å². The minimum atomic E-state index is -5.05. The van der Waals surface area contributed by atoms with Crippen LogP contribution >= 0.6 is 0 Å². The molecule has 0 heterocycles. The lowest BCUT2D eigenvalue weighted by molar-refractivity contribution is -0.138. The van der Waals surface area contributed by atoms with E-state index in [0.717, 1.165) is 42.5 Å². The molecule has 0 N–H and O–H groups in total. The molecule has 0 amide bonds. The molecule has 0 radical (unpaired) electrons. The van der Waals surface area contributed by atoms with E-state index in [1.54, 1.807) is 0 Å². The number of hydrogen-bond acceptors (Lipinski definition) is 8. The molecule has 0 spiro atoms. The molecule has 36 heavy (non-hydrogen) atoms. The summed E-state index contributed by atoms with van der Waals surface area (Å²) >= 11 is 0. The summed E-state index contributed by atoms with van der Waals surface area (Å²) in [6.07, 6.45) is -2.04. The Morgan fingerprint density at radius 2 is 1.11 bits per heavy atom. The number of carbonyl (C=O) groups is 4. The summed E-state index contributed by atoms with van der Waals surface area (Å²) in [4.78, 5) is 46.8. The topological polar surface area (TPSA) is 105 Å². The van der Waals surface area contributed by atoms with Gasteiger partial charge in [-0.25, -0.2) is 19.2 Å². The van der Waals surface area contributed by atoms with Crippen LogP contribution in [0.25, 0.3) is 11.1 Å². The van der Waals surface area contributed by atoms with Gasteiger partial charge in [0.05, 0.1) is 5.56 Å². The summed E-state index contributed by atoms with van der Waals surface area (Å²) in [6.45, 7) is 12.8. The summed E-state index contributed by atoms with van der Waals surface area (Å²) in [6, 6.07) is 4.45. The Bertz CT molecular complexity index is 1270. The third-order valence-electron chi connectivity index (χ3n) is 4.13. The fourth-order valence-electron chi connectivity index (χ4n) is 2.69. The second kappa shape index (κ2) is 11.5. The van der Waals surface area contributed by atoms with Crippen molar-refractivity contribution in [1.29, 1.82) is 0 Å². The van der Waals surface area contributed by atoms with Crippen molar-refractivity contribution in [2.75, 3.05) is 0 Å². The molecule has 11 heteroatoms. The first kappa shape index (κ1) is 27.3. The number of halogens is 3. The fourth-order valence-corrected chi connectivity index (χ4v) is 2.69. The number of rotatable bonds is 9. The number of hydrogen-bond donors (Lipinski definition) is 0. The quantitative estimate of drug-likeness (QED) is 0.275. The number of benzene rings is 2. The highest BCUT2D eigenvalue weighted by Gasteiger charge is 2.37. The zero-order valence-electron chi connectivity index (χ0n) is 18.4. The zero-order valence-corrected chi connectivity index (χ0v) is 18.4. The second-order valence-electron chi connectivity index (χ2n) is 6.50. The Hall–Kier alpha value is -4.93. The van der Waals surface area contributed by atoms with Crippen LogP contribution in [0.3, 0.4) is 0 Å². The van der Waals surface area contributed by atoms with Crippen molar-refractivity contribution >= 4 is 23.9 Å². The number of esters is 4. The van der Waals surface area contributed by atoms with Gasteiger partial charge in [-0.3, -0.25) is 0 Å². The normalized spacial score (nSPS) is 10.4. The Kier molecular flexibility index (Phi) is 8.70. The minimum absolute atomic E-state index is 0.277. The van der Waals surface area contributed by atoms with Crippen molar-refractivity contribution in [3.05, 3.63) is 86.5 Å². The van der Waals surface area contributed by atoms with Crippen LogP contribution in [-0.2, 0) is 25.4 Å². The van der Waals surface area contributed by atoms with E-state index < -0.39 is 58.4 Å². The predicted molar refractivity (Wildman–Crippen MR) is 120 cm³/mol. The zero-order chi connectivity index (χ0) is 27.0. The van der Waals surface area contributed by atoms with Crippen LogP contribution in [0.1, 0.15) is 5.56 Å². The SMILES string of the molecule is C=CC(=O)Oc1cc(OC(=O)C=C)c(-c2ccc(OC(=O)C=C)c(OC(=O)C=C)c2)c(C(F)(F)F)c1. The van der Waals surface area contributed by atoms with Crippen molar-refractivity contribution in [1.82, 2.24) is 0 Å². The minimum Gasteiger partial charge on any atom is -0.423 e. The van der Waals surface area contributed by atoms with Crippen LogP contribution in [0.2, 0.25) is 0 Å². The van der Waals surface area contributed by atoms with Crippen molar-refractivity contribution in [3.8, 4) is 34.1 Å². The first-order chi connectivity index (χ1) is 16.9. The predicted octanol–water partition coefficient (Wildman–Crippen LogP) is 4.74. The molecular weight excluding hydrogens is 485 g/mol. The van der Waals surface area contributed by atoms with Gasteiger partial charge in [-0.15, -0.1) is 0 Å². The third-order valence-corrected chi connectivity index (χ3v) is 4.13. The van der Waals surface area contributed by atoms with Gasteiger partial charge in [-0.05, 0) is 23.8 Å². The van der Waals surface area contributed by atoms with E-state index in [2.05, 4.69) is 26.3 Å². The van der Waals surface area contributed by atoms with E-state index in [4.69, 9.17) is 18.9 Å². The van der Waals surface area contributed by atoms with Gasteiger partial charge in [0.2, 0.25) is 0 Å². The van der Waals surface area contributed by atoms with Crippen molar-refractivity contribution in [2.45, 2.75) is 6.18 Å². The van der Waals surface area contributed by atoms with E-state index in [9.17, 15) is 32.3 Å². The Morgan fingerprint density at radius 3 is 1.61 bits per heavy atom. The van der Waals surface area contributed by atoms with E-state index in [1.165, 1.54) is 0 Å². The maximum absolute atomic E-state index is 14.1. The molecule has 0 aliphatic heterocycles. The first-order valence-electron chi connectivity index (χ1n) is 9.70. The Balaban J connectivity index is 2.87. The molecule has 0 fully saturated rings. The van der Waals surface area contributed by atoms with Gasteiger partial charge in [-0.1, -0.05) is 32.4 Å². The van der Waals surface area contributed by atoms with Crippen LogP contribution in [0, 0.1) is 0 Å². The maximum Gasteiger partial charge on any atom is 0.417 e. The van der Waals surface area contributed by atoms with Crippen molar-refractivity contribution in [2.24, 2.45) is 0 Å². The van der Waals surface area contributed by atoms with Crippen LogP contribution in [0.15, 0.2) is 81.0 Å². The molecule has 0 saturated carbocycles. The van der Waals surface area contributed by atoms with Crippen LogP contribution in [0.5, 0.6) is 23.0 Å². The molecular formula is C25H17F3O8. The molecule has 0 atom stereocenters. The molecule has 0 saturated heterocycles. The summed E-state index contributed by atoms with van der Waals surface area (Å²) < 4.78 is 62.0. The highest BCUT2D eigenvalue weighted by molar-refractivity contribution is 5.90. The molecule has 0 unspecified atom stereocenters.